The highest BCUT2D eigenvalue weighted by atomic mass is 16.2. The first-order valence-electron chi connectivity index (χ1n) is 7.48. The lowest BCUT2D eigenvalue weighted by Gasteiger charge is -2.30. The van der Waals surface area contributed by atoms with E-state index in [1.807, 2.05) is 12.4 Å². The van der Waals surface area contributed by atoms with Gasteiger partial charge in [-0.2, -0.15) is 0 Å². The molecule has 1 aliphatic carbocycles. The van der Waals surface area contributed by atoms with Crippen LogP contribution in [-0.2, 0) is 13.0 Å². The molecule has 108 valence electrons. The van der Waals surface area contributed by atoms with E-state index in [1.54, 1.807) is 0 Å². The van der Waals surface area contributed by atoms with Crippen molar-refractivity contribution in [1.29, 1.82) is 0 Å². The first-order valence-corrected chi connectivity index (χ1v) is 7.48. The molecule has 2 aliphatic rings. The maximum Gasteiger partial charge on any atom is 0.267 e. The van der Waals surface area contributed by atoms with Gasteiger partial charge < -0.3 is 9.88 Å². The van der Waals surface area contributed by atoms with Gasteiger partial charge in [0.05, 0.1) is 0 Å². The summed E-state index contributed by atoms with van der Waals surface area (Å²) in [4.78, 5) is 16.2. The summed E-state index contributed by atoms with van der Waals surface area (Å²) in [5.41, 5.74) is 4.94. The van der Waals surface area contributed by atoms with E-state index in [2.05, 4.69) is 46.9 Å². The topological polar surface area (TPSA) is 46.9 Å². The highest BCUT2D eigenvalue weighted by Crippen LogP contribution is 2.51. The fourth-order valence-electron chi connectivity index (χ4n) is 4.03. The fourth-order valence-corrected chi connectivity index (χ4v) is 4.03. The lowest BCUT2D eigenvalue weighted by Crippen LogP contribution is -2.36. The Morgan fingerprint density at radius 3 is 2.86 bits per heavy atom. The molecule has 0 aromatic carbocycles. The zero-order valence-corrected chi connectivity index (χ0v) is 12.4. The van der Waals surface area contributed by atoms with Crippen LogP contribution in [0.5, 0.6) is 0 Å². The number of nitrogens with one attached hydrogen (secondary N) is 1. The van der Waals surface area contributed by atoms with Gasteiger partial charge in [0, 0.05) is 37.1 Å². The molecule has 1 N–H and O–H groups in total. The van der Waals surface area contributed by atoms with Gasteiger partial charge >= 0.3 is 0 Å². The Bertz CT molecular complexity index is 715. The lowest BCUT2D eigenvalue weighted by atomic mass is 9.77. The summed E-state index contributed by atoms with van der Waals surface area (Å²) in [5.74, 6) is 0.386. The summed E-state index contributed by atoms with van der Waals surface area (Å²) in [6.45, 7) is 6.21. The molecule has 2 aromatic rings. The predicted octanol–water partition coefficient (Wildman–Crippen LogP) is 2.34. The molecule has 3 heterocycles. The Morgan fingerprint density at radius 2 is 2.10 bits per heavy atom. The molecule has 0 fully saturated rings. The molecule has 21 heavy (non-hydrogen) atoms. The van der Waals surface area contributed by atoms with Gasteiger partial charge in [-0.3, -0.25) is 9.78 Å². The number of hydrogen-bond donors (Lipinski definition) is 1. The Kier molecular flexibility index (Phi) is 2.52. The zero-order valence-electron chi connectivity index (χ0n) is 12.4. The second kappa shape index (κ2) is 4.20. The van der Waals surface area contributed by atoms with Crippen molar-refractivity contribution in [3.8, 4) is 0 Å². The maximum atomic E-state index is 12.1. The number of amides is 1. The zero-order chi connectivity index (χ0) is 14.6. The number of carbonyl (C=O) groups is 1. The van der Waals surface area contributed by atoms with Gasteiger partial charge in [0.2, 0.25) is 0 Å². The molecule has 0 saturated heterocycles. The van der Waals surface area contributed by atoms with Crippen LogP contribution >= 0.6 is 0 Å². The molecule has 0 radical (unpaired) electrons. The summed E-state index contributed by atoms with van der Waals surface area (Å²) in [7, 11) is 0. The van der Waals surface area contributed by atoms with Gasteiger partial charge in [0.1, 0.15) is 5.69 Å². The number of pyridine rings is 1. The number of rotatable bonds is 1. The average Bonchev–Trinajstić information content (AvgIpc) is 2.92. The molecule has 1 unspecified atom stereocenters. The van der Waals surface area contributed by atoms with Crippen LogP contribution < -0.4 is 5.32 Å². The van der Waals surface area contributed by atoms with Crippen LogP contribution in [0, 0.1) is 5.41 Å². The molecule has 0 spiro atoms. The summed E-state index contributed by atoms with van der Waals surface area (Å²) in [6.07, 6.45) is 4.73. The van der Waals surface area contributed by atoms with Crippen LogP contribution in [0.1, 0.15) is 47.1 Å². The van der Waals surface area contributed by atoms with E-state index in [0.717, 1.165) is 25.2 Å². The van der Waals surface area contributed by atoms with Crippen molar-refractivity contribution >= 4 is 5.91 Å². The number of hydrogen-bond acceptors (Lipinski definition) is 2. The quantitative estimate of drug-likeness (QED) is 0.872. The standard InChI is InChI=1S/C17H19N3O/c1-17(2)10-12-9-13-16(21)19-7-8-20(13)15(12)14(17)11-3-5-18-6-4-11/h3-6,9,14H,7-8,10H2,1-2H3,(H,19,21). The average molecular weight is 281 g/mol. The van der Waals surface area contributed by atoms with Crippen LogP contribution in [-0.4, -0.2) is 22.0 Å². The highest BCUT2D eigenvalue weighted by Gasteiger charge is 2.43. The third-order valence-electron chi connectivity index (χ3n) is 4.82. The van der Waals surface area contributed by atoms with Crippen LogP contribution in [0.25, 0.3) is 0 Å². The summed E-state index contributed by atoms with van der Waals surface area (Å²) in [5, 5.41) is 2.93. The van der Waals surface area contributed by atoms with Crippen molar-refractivity contribution in [2.45, 2.75) is 32.7 Å². The van der Waals surface area contributed by atoms with Crippen molar-refractivity contribution in [3.05, 3.63) is 53.1 Å². The molecule has 2 aromatic heterocycles. The Morgan fingerprint density at radius 1 is 1.33 bits per heavy atom. The van der Waals surface area contributed by atoms with Crippen molar-refractivity contribution in [1.82, 2.24) is 14.9 Å². The largest absolute Gasteiger partial charge is 0.349 e. The number of fused-ring (bicyclic) bond motifs is 3. The smallest absolute Gasteiger partial charge is 0.267 e. The monoisotopic (exact) mass is 281 g/mol. The number of nitrogens with zero attached hydrogens (tertiary/aromatic N) is 2. The molecule has 1 amide bonds. The molecular weight excluding hydrogens is 262 g/mol. The van der Waals surface area contributed by atoms with Crippen molar-refractivity contribution < 1.29 is 4.79 Å². The number of carbonyl (C=O) groups excluding carboxylic acids is 1. The predicted molar refractivity (Wildman–Crippen MR) is 80.3 cm³/mol. The second-order valence-electron chi connectivity index (χ2n) is 6.73. The van der Waals surface area contributed by atoms with E-state index in [-0.39, 0.29) is 11.3 Å². The fraction of sp³-hybridized carbons (Fsp3) is 0.412. The Labute approximate surface area is 124 Å². The van der Waals surface area contributed by atoms with Gasteiger partial charge in [0.15, 0.2) is 0 Å². The molecule has 4 nitrogen and oxygen atoms in total. The summed E-state index contributed by atoms with van der Waals surface area (Å²) < 4.78 is 2.23. The minimum Gasteiger partial charge on any atom is -0.349 e. The molecule has 0 saturated carbocycles. The second-order valence-corrected chi connectivity index (χ2v) is 6.73. The van der Waals surface area contributed by atoms with Crippen LogP contribution in [0.2, 0.25) is 0 Å². The lowest BCUT2D eigenvalue weighted by molar-refractivity contribution is 0.0926. The van der Waals surface area contributed by atoms with Crippen molar-refractivity contribution in [2.24, 2.45) is 5.41 Å². The van der Waals surface area contributed by atoms with E-state index in [9.17, 15) is 4.79 Å². The molecule has 1 aliphatic heterocycles. The van der Waals surface area contributed by atoms with Gasteiger partial charge in [0.25, 0.3) is 5.91 Å². The summed E-state index contributed by atoms with van der Waals surface area (Å²) >= 11 is 0. The molecule has 4 rings (SSSR count). The van der Waals surface area contributed by atoms with E-state index in [1.165, 1.54) is 16.8 Å². The minimum atomic E-state index is 0.0573. The Balaban J connectivity index is 1.91. The van der Waals surface area contributed by atoms with Crippen LogP contribution in [0.4, 0.5) is 0 Å². The van der Waals surface area contributed by atoms with E-state index >= 15 is 0 Å². The van der Waals surface area contributed by atoms with Gasteiger partial charge in [-0.25, -0.2) is 0 Å². The summed E-state index contributed by atoms with van der Waals surface area (Å²) in [6, 6.07) is 6.29. The third-order valence-corrected chi connectivity index (χ3v) is 4.82. The minimum absolute atomic E-state index is 0.0573. The van der Waals surface area contributed by atoms with E-state index in [0.29, 0.717) is 5.92 Å². The van der Waals surface area contributed by atoms with Crippen LogP contribution in [0.3, 0.4) is 0 Å². The van der Waals surface area contributed by atoms with Crippen molar-refractivity contribution in [3.63, 3.8) is 0 Å². The normalized spacial score (nSPS) is 22.6. The molecule has 0 bridgehead atoms. The van der Waals surface area contributed by atoms with E-state index < -0.39 is 0 Å². The Hall–Kier alpha value is -2.10. The molecule has 1 atom stereocenters. The highest BCUT2D eigenvalue weighted by molar-refractivity contribution is 5.94. The number of aromatic nitrogens is 2. The molecule has 4 heteroatoms. The van der Waals surface area contributed by atoms with Gasteiger partial charge in [-0.15, -0.1) is 0 Å². The first-order chi connectivity index (χ1) is 10.1. The van der Waals surface area contributed by atoms with Crippen LogP contribution in [0.15, 0.2) is 30.6 Å². The SMILES string of the molecule is CC1(C)Cc2cc3n(c2C1c1ccncc1)CCNC3=O. The molecular formula is C17H19N3O. The third kappa shape index (κ3) is 1.75. The van der Waals surface area contributed by atoms with Gasteiger partial charge in [-0.1, -0.05) is 13.8 Å². The maximum absolute atomic E-state index is 12.1. The van der Waals surface area contributed by atoms with E-state index in [4.69, 9.17) is 0 Å². The van der Waals surface area contributed by atoms with Crippen molar-refractivity contribution in [2.75, 3.05) is 6.54 Å². The van der Waals surface area contributed by atoms with Gasteiger partial charge in [-0.05, 0) is 41.2 Å². The first kappa shape index (κ1) is 12.6.